The molecule has 18 heavy (non-hydrogen) atoms. The number of hydrogen-bond acceptors (Lipinski definition) is 1. The van der Waals surface area contributed by atoms with Crippen LogP contribution >= 0.6 is 46.4 Å². The molecule has 0 bridgehead atoms. The first-order chi connectivity index (χ1) is 8.26. The predicted molar refractivity (Wildman–Crippen MR) is 75.5 cm³/mol. The minimum atomic E-state index is -0.957. The highest BCUT2D eigenvalue weighted by Crippen LogP contribution is 2.63. The number of carbonyl (C=O) groups is 1. The zero-order chi connectivity index (χ0) is 13.6. The molecular weight excluding hydrogens is 316 g/mol. The Bertz CT molecular complexity index is 503. The van der Waals surface area contributed by atoms with Gasteiger partial charge in [-0.05, 0) is 31.0 Å². The highest BCUT2D eigenvalue weighted by atomic mass is 35.5. The molecule has 0 saturated heterocycles. The lowest BCUT2D eigenvalue weighted by atomic mass is 10.1. The summed E-state index contributed by atoms with van der Waals surface area (Å²) in [5.74, 6) is -0.168. The van der Waals surface area contributed by atoms with E-state index in [1.165, 1.54) is 0 Å². The quantitative estimate of drug-likeness (QED) is 0.829. The van der Waals surface area contributed by atoms with Crippen molar-refractivity contribution in [2.45, 2.75) is 24.2 Å². The summed E-state index contributed by atoms with van der Waals surface area (Å²) in [7, 11) is 0. The lowest BCUT2D eigenvalue weighted by molar-refractivity contribution is -0.125. The van der Waals surface area contributed by atoms with Crippen LogP contribution in [-0.2, 0) is 11.3 Å². The van der Waals surface area contributed by atoms with Crippen molar-refractivity contribution in [3.05, 3.63) is 33.8 Å². The monoisotopic (exact) mass is 325 g/mol. The molecule has 1 aliphatic rings. The van der Waals surface area contributed by atoms with E-state index >= 15 is 0 Å². The van der Waals surface area contributed by atoms with Crippen LogP contribution in [-0.4, -0.2) is 10.2 Å². The Morgan fingerprint density at radius 3 is 2.50 bits per heavy atom. The van der Waals surface area contributed by atoms with Gasteiger partial charge in [0.25, 0.3) is 0 Å². The van der Waals surface area contributed by atoms with Crippen molar-refractivity contribution >= 4 is 52.3 Å². The van der Waals surface area contributed by atoms with Crippen molar-refractivity contribution in [2.24, 2.45) is 5.41 Å². The van der Waals surface area contributed by atoms with Crippen LogP contribution in [0.2, 0.25) is 10.0 Å². The molecule has 2 nitrogen and oxygen atoms in total. The molecule has 0 spiro atoms. The fraction of sp³-hybridized carbons (Fsp3) is 0.417. The summed E-state index contributed by atoms with van der Waals surface area (Å²) in [6, 6.07) is 5.13. The Labute approximate surface area is 126 Å². The van der Waals surface area contributed by atoms with Crippen LogP contribution in [0.15, 0.2) is 18.2 Å². The summed E-state index contributed by atoms with van der Waals surface area (Å²) >= 11 is 23.7. The number of rotatable bonds is 3. The molecule has 1 N–H and O–H groups in total. The van der Waals surface area contributed by atoms with Gasteiger partial charge in [-0.25, -0.2) is 0 Å². The highest BCUT2D eigenvalue weighted by molar-refractivity contribution is 6.53. The van der Waals surface area contributed by atoms with Crippen molar-refractivity contribution in [3.8, 4) is 0 Å². The number of halogens is 4. The molecule has 1 aromatic carbocycles. The van der Waals surface area contributed by atoms with Crippen molar-refractivity contribution < 1.29 is 4.79 Å². The largest absolute Gasteiger partial charge is 0.351 e. The smallest absolute Gasteiger partial charge is 0.229 e. The maximum Gasteiger partial charge on any atom is 0.229 e. The number of amides is 1. The maximum atomic E-state index is 11.9. The lowest BCUT2D eigenvalue weighted by Gasteiger charge is -2.13. The van der Waals surface area contributed by atoms with Crippen molar-refractivity contribution in [3.63, 3.8) is 0 Å². The molecule has 0 aromatic heterocycles. The molecule has 98 valence electrons. The summed E-state index contributed by atoms with van der Waals surface area (Å²) in [5.41, 5.74) is 0.0862. The summed E-state index contributed by atoms with van der Waals surface area (Å²) in [5, 5.41) is 3.86. The topological polar surface area (TPSA) is 29.1 Å². The van der Waals surface area contributed by atoms with E-state index in [0.29, 0.717) is 23.0 Å². The summed E-state index contributed by atoms with van der Waals surface area (Å²) in [6.07, 6.45) is 0.462. The number of alkyl halides is 2. The molecule has 1 aliphatic carbocycles. The maximum absolute atomic E-state index is 11.9. The highest BCUT2D eigenvalue weighted by Gasteiger charge is 2.67. The van der Waals surface area contributed by atoms with Crippen LogP contribution in [0.25, 0.3) is 0 Å². The second-order valence-corrected chi connectivity index (χ2v) is 6.96. The number of carbonyl (C=O) groups excluding carboxylic acids is 1. The first-order valence-corrected chi connectivity index (χ1v) is 6.87. The fourth-order valence-electron chi connectivity index (χ4n) is 1.68. The van der Waals surface area contributed by atoms with Gasteiger partial charge in [0.2, 0.25) is 5.91 Å². The van der Waals surface area contributed by atoms with E-state index in [1.54, 1.807) is 25.1 Å². The van der Waals surface area contributed by atoms with Crippen LogP contribution in [0.5, 0.6) is 0 Å². The van der Waals surface area contributed by atoms with E-state index in [9.17, 15) is 4.79 Å². The van der Waals surface area contributed by atoms with Gasteiger partial charge in [0.15, 0.2) is 0 Å². The van der Waals surface area contributed by atoms with Gasteiger partial charge in [0.1, 0.15) is 4.33 Å². The van der Waals surface area contributed by atoms with Crippen molar-refractivity contribution in [1.29, 1.82) is 0 Å². The minimum absolute atomic E-state index is 0.168. The van der Waals surface area contributed by atoms with Gasteiger partial charge in [-0.15, -0.1) is 23.2 Å². The second kappa shape index (κ2) is 4.75. The SMILES string of the molecule is CC1(C(=O)NCc2ccc(Cl)cc2Cl)CC1(Cl)Cl. The molecule has 1 saturated carbocycles. The molecule has 0 heterocycles. The Kier molecular flexibility index (Phi) is 3.76. The van der Waals surface area contributed by atoms with Gasteiger partial charge in [-0.1, -0.05) is 29.3 Å². The van der Waals surface area contributed by atoms with Crippen LogP contribution in [0.3, 0.4) is 0 Å². The van der Waals surface area contributed by atoms with Crippen molar-refractivity contribution in [1.82, 2.24) is 5.32 Å². The summed E-state index contributed by atoms with van der Waals surface area (Å²) in [4.78, 5) is 11.9. The molecule has 1 aromatic rings. The molecule has 2 rings (SSSR count). The lowest BCUT2D eigenvalue weighted by Crippen LogP contribution is -2.32. The van der Waals surface area contributed by atoms with Gasteiger partial charge < -0.3 is 5.32 Å². The standard InChI is InChI=1S/C12H11Cl4NO/c1-11(6-12(11,15)16)10(18)17-5-7-2-3-8(13)4-9(7)14/h2-4H,5-6H2,1H3,(H,17,18). The van der Waals surface area contributed by atoms with Crippen molar-refractivity contribution in [2.75, 3.05) is 0 Å². The Balaban J connectivity index is 1.99. The molecule has 1 unspecified atom stereocenters. The van der Waals surface area contributed by atoms with E-state index in [-0.39, 0.29) is 5.91 Å². The molecule has 6 heteroatoms. The average Bonchev–Trinajstić information content (AvgIpc) is 2.78. The molecule has 1 atom stereocenters. The van der Waals surface area contributed by atoms with E-state index in [1.807, 2.05) is 0 Å². The Morgan fingerprint density at radius 2 is 2.00 bits per heavy atom. The van der Waals surface area contributed by atoms with Crippen LogP contribution in [0.1, 0.15) is 18.9 Å². The van der Waals surface area contributed by atoms with Crippen LogP contribution in [0.4, 0.5) is 0 Å². The van der Waals surface area contributed by atoms with Gasteiger partial charge in [0, 0.05) is 16.6 Å². The van der Waals surface area contributed by atoms with Gasteiger partial charge in [-0.3, -0.25) is 4.79 Å². The third-order valence-electron chi connectivity index (χ3n) is 3.21. The zero-order valence-corrected chi connectivity index (χ0v) is 12.6. The number of benzene rings is 1. The molecule has 0 aliphatic heterocycles. The van der Waals surface area contributed by atoms with E-state index in [0.717, 1.165) is 5.56 Å². The third-order valence-corrected chi connectivity index (χ3v) is 4.90. The summed E-state index contributed by atoms with van der Waals surface area (Å²) < 4.78 is -0.957. The van der Waals surface area contributed by atoms with Gasteiger partial charge >= 0.3 is 0 Å². The van der Waals surface area contributed by atoms with E-state index in [2.05, 4.69) is 5.32 Å². The normalized spacial score (nSPS) is 24.7. The minimum Gasteiger partial charge on any atom is -0.351 e. The number of hydrogen-bond donors (Lipinski definition) is 1. The Morgan fingerprint density at radius 1 is 1.39 bits per heavy atom. The molecule has 1 amide bonds. The molecular formula is C12H11Cl4NO. The Hall–Kier alpha value is -0.150. The van der Waals surface area contributed by atoms with Crippen LogP contribution < -0.4 is 5.32 Å². The zero-order valence-electron chi connectivity index (χ0n) is 9.57. The van der Waals surface area contributed by atoms with E-state index in [4.69, 9.17) is 46.4 Å². The fourth-order valence-corrected chi connectivity index (χ4v) is 2.86. The predicted octanol–water partition coefficient (Wildman–Crippen LogP) is 4.19. The van der Waals surface area contributed by atoms with Gasteiger partial charge in [0.05, 0.1) is 5.41 Å². The molecule has 0 radical (unpaired) electrons. The molecule has 1 fully saturated rings. The third kappa shape index (κ3) is 2.57. The van der Waals surface area contributed by atoms with Crippen LogP contribution in [0, 0.1) is 5.41 Å². The first-order valence-electron chi connectivity index (χ1n) is 5.36. The average molecular weight is 327 g/mol. The number of nitrogens with one attached hydrogen (secondary N) is 1. The van der Waals surface area contributed by atoms with Gasteiger partial charge in [-0.2, -0.15) is 0 Å². The first kappa shape index (κ1) is 14.3. The second-order valence-electron chi connectivity index (χ2n) is 4.63. The summed E-state index contributed by atoms with van der Waals surface area (Å²) in [6.45, 7) is 2.07. The van der Waals surface area contributed by atoms with E-state index < -0.39 is 9.75 Å².